The van der Waals surface area contributed by atoms with E-state index in [0.717, 1.165) is 43.5 Å². The van der Waals surface area contributed by atoms with Crippen molar-refractivity contribution in [2.24, 2.45) is 5.84 Å². The first-order valence-corrected chi connectivity index (χ1v) is 6.88. The van der Waals surface area contributed by atoms with Crippen LogP contribution in [-0.2, 0) is 11.2 Å². The summed E-state index contributed by atoms with van der Waals surface area (Å²) >= 11 is 0. The molecule has 0 amide bonds. The number of methoxy groups -OCH3 is 1. The van der Waals surface area contributed by atoms with Crippen LogP contribution in [0.2, 0.25) is 0 Å². The summed E-state index contributed by atoms with van der Waals surface area (Å²) in [6, 6.07) is 0.418. The van der Waals surface area contributed by atoms with Crippen LogP contribution in [0.15, 0.2) is 6.33 Å². The number of hydrogen-bond acceptors (Lipinski definition) is 6. The average molecular weight is 265 g/mol. The second-order valence-electron chi connectivity index (χ2n) is 4.96. The quantitative estimate of drug-likeness (QED) is 0.536. The highest BCUT2D eigenvalue weighted by molar-refractivity contribution is 5.57. The Labute approximate surface area is 114 Å². The highest BCUT2D eigenvalue weighted by Crippen LogP contribution is 2.27. The molecule has 6 nitrogen and oxygen atoms in total. The molecule has 0 saturated heterocycles. The number of rotatable bonds is 6. The molecule has 0 spiro atoms. The fourth-order valence-electron chi connectivity index (χ4n) is 2.63. The predicted octanol–water partition coefficient (Wildman–Crippen LogP) is 1.69. The predicted molar refractivity (Wildman–Crippen MR) is 75.9 cm³/mol. The van der Waals surface area contributed by atoms with Gasteiger partial charge in [-0.15, -0.1) is 0 Å². The molecule has 1 saturated carbocycles. The number of anilines is 2. The maximum Gasteiger partial charge on any atom is 0.148 e. The van der Waals surface area contributed by atoms with Crippen LogP contribution in [0.25, 0.3) is 0 Å². The molecule has 1 aromatic heterocycles. The van der Waals surface area contributed by atoms with Crippen LogP contribution in [-0.4, -0.2) is 29.2 Å². The van der Waals surface area contributed by atoms with Crippen LogP contribution in [0.5, 0.6) is 0 Å². The first-order chi connectivity index (χ1) is 9.28. The number of nitrogens with zero attached hydrogens (tertiary/aromatic N) is 2. The van der Waals surface area contributed by atoms with Gasteiger partial charge in [0.05, 0.1) is 6.10 Å². The summed E-state index contributed by atoms with van der Waals surface area (Å²) in [5.74, 6) is 7.12. The van der Waals surface area contributed by atoms with Crippen LogP contribution in [0.1, 0.15) is 38.2 Å². The molecule has 1 heterocycles. The highest BCUT2D eigenvalue weighted by Gasteiger charge is 2.25. The number of nitrogens with one attached hydrogen (secondary N) is 2. The van der Waals surface area contributed by atoms with Gasteiger partial charge in [0.2, 0.25) is 0 Å². The van der Waals surface area contributed by atoms with Gasteiger partial charge >= 0.3 is 0 Å². The van der Waals surface area contributed by atoms with Gasteiger partial charge in [-0.25, -0.2) is 15.8 Å². The van der Waals surface area contributed by atoms with Gasteiger partial charge < -0.3 is 15.5 Å². The van der Waals surface area contributed by atoms with Crippen molar-refractivity contribution < 1.29 is 4.74 Å². The Bertz CT molecular complexity index is 412. The first kappa shape index (κ1) is 14.0. The fourth-order valence-corrected chi connectivity index (χ4v) is 2.63. The zero-order chi connectivity index (χ0) is 13.7. The fraction of sp³-hybridized carbons (Fsp3) is 0.692. The van der Waals surface area contributed by atoms with E-state index in [4.69, 9.17) is 10.6 Å². The van der Waals surface area contributed by atoms with Gasteiger partial charge in [-0.1, -0.05) is 13.3 Å². The lowest BCUT2D eigenvalue weighted by atomic mass is 10.1. The lowest BCUT2D eigenvalue weighted by molar-refractivity contribution is 0.108. The summed E-state index contributed by atoms with van der Waals surface area (Å²) in [5, 5.41) is 3.51. The van der Waals surface area contributed by atoms with E-state index in [9.17, 15) is 0 Å². The van der Waals surface area contributed by atoms with E-state index in [2.05, 4.69) is 27.6 Å². The van der Waals surface area contributed by atoms with Gasteiger partial charge in [0.15, 0.2) is 0 Å². The maximum atomic E-state index is 5.51. The van der Waals surface area contributed by atoms with E-state index in [1.165, 1.54) is 0 Å². The third kappa shape index (κ3) is 3.33. The van der Waals surface area contributed by atoms with Crippen LogP contribution in [0, 0.1) is 0 Å². The Hall–Kier alpha value is -1.40. The van der Waals surface area contributed by atoms with Gasteiger partial charge in [0, 0.05) is 18.7 Å². The molecular weight excluding hydrogens is 242 g/mol. The van der Waals surface area contributed by atoms with Crippen molar-refractivity contribution in [1.29, 1.82) is 0 Å². The number of ether oxygens (including phenoxy) is 1. The number of nitrogen functional groups attached to an aromatic ring is 1. The molecule has 2 atom stereocenters. The molecule has 0 aromatic carbocycles. The summed E-state index contributed by atoms with van der Waals surface area (Å²) in [6.07, 6.45) is 7.08. The van der Waals surface area contributed by atoms with Gasteiger partial charge in [0.1, 0.15) is 18.0 Å². The monoisotopic (exact) mass is 265 g/mol. The largest absolute Gasteiger partial charge is 0.381 e. The van der Waals surface area contributed by atoms with E-state index < -0.39 is 0 Å². The Morgan fingerprint density at radius 3 is 2.79 bits per heavy atom. The molecule has 1 fully saturated rings. The maximum absolute atomic E-state index is 5.51. The molecule has 2 rings (SSSR count). The molecule has 106 valence electrons. The van der Waals surface area contributed by atoms with E-state index >= 15 is 0 Å². The van der Waals surface area contributed by atoms with Gasteiger partial charge in [-0.05, 0) is 25.7 Å². The van der Waals surface area contributed by atoms with Crippen LogP contribution >= 0.6 is 0 Å². The Balaban J connectivity index is 2.11. The minimum Gasteiger partial charge on any atom is -0.381 e. The lowest BCUT2D eigenvalue weighted by Gasteiger charge is -2.17. The molecule has 4 N–H and O–H groups in total. The zero-order valence-electron chi connectivity index (χ0n) is 11.6. The molecule has 2 unspecified atom stereocenters. The third-order valence-electron chi connectivity index (χ3n) is 3.64. The van der Waals surface area contributed by atoms with E-state index in [1.807, 2.05) is 0 Å². The third-order valence-corrected chi connectivity index (χ3v) is 3.64. The Morgan fingerprint density at radius 2 is 2.16 bits per heavy atom. The summed E-state index contributed by atoms with van der Waals surface area (Å²) in [7, 11) is 1.77. The zero-order valence-corrected chi connectivity index (χ0v) is 11.6. The van der Waals surface area contributed by atoms with Crippen molar-refractivity contribution in [3.63, 3.8) is 0 Å². The van der Waals surface area contributed by atoms with E-state index in [1.54, 1.807) is 13.4 Å². The van der Waals surface area contributed by atoms with Crippen molar-refractivity contribution in [2.45, 2.75) is 51.2 Å². The van der Waals surface area contributed by atoms with Crippen molar-refractivity contribution in [3.8, 4) is 0 Å². The van der Waals surface area contributed by atoms with Crippen LogP contribution in [0.3, 0.4) is 0 Å². The topological polar surface area (TPSA) is 85.1 Å². The second kappa shape index (κ2) is 6.68. The molecule has 6 heteroatoms. The van der Waals surface area contributed by atoms with Crippen molar-refractivity contribution in [3.05, 3.63) is 11.9 Å². The van der Waals surface area contributed by atoms with E-state index in [-0.39, 0.29) is 0 Å². The standard InChI is InChI=1S/C13H23N5O/c1-3-4-11-12(15-8-16-13(11)18-14)17-9-5-6-10(7-9)19-2/h8-10H,3-7,14H2,1-2H3,(H2,15,16,17,18). The van der Waals surface area contributed by atoms with Crippen LogP contribution in [0.4, 0.5) is 11.6 Å². The number of aromatic nitrogens is 2. The van der Waals surface area contributed by atoms with Crippen molar-refractivity contribution in [1.82, 2.24) is 9.97 Å². The summed E-state index contributed by atoms with van der Waals surface area (Å²) in [5.41, 5.74) is 3.71. The molecular formula is C13H23N5O. The highest BCUT2D eigenvalue weighted by atomic mass is 16.5. The molecule has 0 bridgehead atoms. The minimum absolute atomic E-state index is 0.362. The van der Waals surface area contributed by atoms with Gasteiger partial charge in [-0.3, -0.25) is 0 Å². The number of nitrogens with two attached hydrogens (primary N) is 1. The lowest BCUT2D eigenvalue weighted by Crippen LogP contribution is -2.21. The molecule has 0 radical (unpaired) electrons. The summed E-state index contributed by atoms with van der Waals surface area (Å²) in [6.45, 7) is 2.13. The molecule has 1 aliphatic rings. The molecule has 1 aliphatic carbocycles. The average Bonchev–Trinajstić information content (AvgIpc) is 2.88. The summed E-state index contributed by atoms with van der Waals surface area (Å²) in [4.78, 5) is 8.53. The molecule has 1 aromatic rings. The molecule has 0 aliphatic heterocycles. The van der Waals surface area contributed by atoms with Crippen molar-refractivity contribution in [2.75, 3.05) is 17.9 Å². The van der Waals surface area contributed by atoms with Gasteiger partial charge in [-0.2, -0.15) is 0 Å². The van der Waals surface area contributed by atoms with Gasteiger partial charge in [0.25, 0.3) is 0 Å². The van der Waals surface area contributed by atoms with Crippen molar-refractivity contribution >= 4 is 11.6 Å². The second-order valence-corrected chi connectivity index (χ2v) is 4.96. The number of hydrogen-bond donors (Lipinski definition) is 3. The SMILES string of the molecule is CCCc1c(NN)ncnc1NC1CCC(OC)C1. The summed E-state index contributed by atoms with van der Waals surface area (Å²) < 4.78 is 5.40. The minimum atomic E-state index is 0.362. The normalized spacial score (nSPS) is 22.5. The number of hydrazine groups is 1. The van der Waals surface area contributed by atoms with E-state index in [0.29, 0.717) is 18.0 Å². The first-order valence-electron chi connectivity index (χ1n) is 6.88. The smallest absolute Gasteiger partial charge is 0.148 e. The Kier molecular flexibility index (Phi) is 4.93. The van der Waals surface area contributed by atoms with Crippen LogP contribution < -0.4 is 16.6 Å². The Morgan fingerprint density at radius 1 is 1.37 bits per heavy atom. The molecule has 19 heavy (non-hydrogen) atoms.